The summed E-state index contributed by atoms with van der Waals surface area (Å²) in [6, 6.07) is 12.2. The first-order valence-corrected chi connectivity index (χ1v) is 11.0. The Kier molecular flexibility index (Phi) is 5.65. The van der Waals surface area contributed by atoms with Crippen LogP contribution in [0.2, 0.25) is 0 Å². The number of rotatable bonds is 6. The molecule has 1 saturated heterocycles. The molecule has 0 aliphatic carbocycles. The Bertz CT molecular complexity index is 1180. The van der Waals surface area contributed by atoms with Crippen LogP contribution in [0, 0.1) is 0 Å². The summed E-state index contributed by atoms with van der Waals surface area (Å²) in [5, 5.41) is 17.8. The lowest BCUT2D eigenvalue weighted by molar-refractivity contribution is 0.0422. The maximum atomic E-state index is 9.71. The summed E-state index contributed by atoms with van der Waals surface area (Å²) < 4.78 is 13.8. The third kappa shape index (κ3) is 3.92. The second-order valence-electron chi connectivity index (χ2n) is 7.24. The van der Waals surface area contributed by atoms with Crippen LogP contribution >= 0.6 is 11.3 Å². The fraction of sp³-hybridized carbons (Fsp3) is 0.318. The normalized spacial score (nSPS) is 15.5. The average molecular weight is 438 g/mol. The van der Waals surface area contributed by atoms with Crippen molar-refractivity contribution in [1.29, 1.82) is 0 Å². The van der Waals surface area contributed by atoms with E-state index in [2.05, 4.69) is 32.4 Å². The van der Waals surface area contributed by atoms with Crippen LogP contribution in [0.25, 0.3) is 27.2 Å². The van der Waals surface area contributed by atoms with Gasteiger partial charge in [0.05, 0.1) is 25.5 Å². The van der Waals surface area contributed by atoms with E-state index in [1.165, 1.54) is 10.1 Å². The number of fused-ring (bicyclic) bond motifs is 1. The largest absolute Gasteiger partial charge is 0.393 e. The van der Waals surface area contributed by atoms with Crippen molar-refractivity contribution in [3.8, 4) is 17.1 Å². The molecule has 1 aliphatic rings. The number of aromatic nitrogens is 4. The van der Waals surface area contributed by atoms with Crippen LogP contribution in [0.5, 0.6) is 0 Å². The summed E-state index contributed by atoms with van der Waals surface area (Å²) in [6.07, 6.45) is 1.30. The van der Waals surface area contributed by atoms with Gasteiger partial charge in [0.25, 0.3) is 0 Å². The fourth-order valence-electron chi connectivity index (χ4n) is 3.69. The van der Waals surface area contributed by atoms with E-state index in [1.807, 2.05) is 30.5 Å². The molecular formula is C22H23N5O3S. The highest BCUT2D eigenvalue weighted by Gasteiger charge is 2.20. The number of anilines is 1. The van der Waals surface area contributed by atoms with Gasteiger partial charge in [-0.1, -0.05) is 18.2 Å². The Balaban J connectivity index is 1.55. The predicted molar refractivity (Wildman–Crippen MR) is 120 cm³/mol. The van der Waals surface area contributed by atoms with Gasteiger partial charge < -0.3 is 19.5 Å². The lowest BCUT2D eigenvalue weighted by Gasteiger charge is -2.28. The minimum absolute atomic E-state index is 0.201. The highest BCUT2D eigenvalue weighted by atomic mass is 32.1. The zero-order valence-corrected chi connectivity index (χ0v) is 18.0. The molecule has 1 N–H and O–H groups in total. The van der Waals surface area contributed by atoms with Gasteiger partial charge >= 0.3 is 0 Å². The van der Waals surface area contributed by atoms with Crippen LogP contribution in [-0.2, 0) is 9.47 Å². The molecule has 31 heavy (non-hydrogen) atoms. The number of methoxy groups -OCH3 is 1. The first-order valence-electron chi connectivity index (χ1n) is 10.1. The van der Waals surface area contributed by atoms with Gasteiger partial charge in [-0.2, -0.15) is 5.10 Å². The van der Waals surface area contributed by atoms with E-state index in [0.29, 0.717) is 24.9 Å². The number of thiophene rings is 1. The number of ether oxygens (including phenoxy) is 2. The Morgan fingerprint density at radius 2 is 1.97 bits per heavy atom. The molecule has 8 nitrogen and oxygen atoms in total. The lowest BCUT2D eigenvalue weighted by atomic mass is 10.1. The monoisotopic (exact) mass is 437 g/mol. The van der Waals surface area contributed by atoms with Crippen molar-refractivity contribution in [2.24, 2.45) is 0 Å². The second kappa shape index (κ2) is 8.72. The predicted octanol–water partition coefficient (Wildman–Crippen LogP) is 3.06. The van der Waals surface area contributed by atoms with Crippen molar-refractivity contribution in [2.45, 2.75) is 6.10 Å². The number of benzene rings is 1. The van der Waals surface area contributed by atoms with Crippen molar-refractivity contribution in [3.05, 3.63) is 53.8 Å². The van der Waals surface area contributed by atoms with Crippen molar-refractivity contribution in [3.63, 3.8) is 0 Å². The fourth-order valence-corrected chi connectivity index (χ4v) is 4.64. The van der Waals surface area contributed by atoms with Crippen LogP contribution in [0.3, 0.4) is 0 Å². The number of hydrogen-bond donors (Lipinski definition) is 1. The maximum Gasteiger partial charge on any atom is 0.164 e. The number of aliphatic hydroxyl groups is 1. The summed E-state index contributed by atoms with van der Waals surface area (Å²) in [5.41, 5.74) is 1.99. The molecule has 5 rings (SSSR count). The zero-order chi connectivity index (χ0) is 21.2. The van der Waals surface area contributed by atoms with Crippen molar-refractivity contribution < 1.29 is 14.6 Å². The molecule has 0 saturated carbocycles. The molecule has 4 heterocycles. The van der Waals surface area contributed by atoms with E-state index in [4.69, 9.17) is 14.6 Å². The minimum atomic E-state index is -0.601. The Morgan fingerprint density at radius 1 is 1.16 bits per heavy atom. The third-order valence-electron chi connectivity index (χ3n) is 5.37. The summed E-state index contributed by atoms with van der Waals surface area (Å²) >= 11 is 1.71. The van der Waals surface area contributed by atoms with Crippen molar-refractivity contribution in [2.75, 3.05) is 44.9 Å². The van der Waals surface area contributed by atoms with Gasteiger partial charge in [-0.25, -0.2) is 14.6 Å². The lowest BCUT2D eigenvalue weighted by Crippen LogP contribution is -2.37. The summed E-state index contributed by atoms with van der Waals surface area (Å²) in [7, 11) is 1.54. The molecule has 0 radical (unpaired) electrons. The Labute approximate surface area is 183 Å². The first-order chi connectivity index (χ1) is 15.3. The minimum Gasteiger partial charge on any atom is -0.393 e. The number of aliphatic hydroxyl groups excluding tert-OH is 1. The van der Waals surface area contributed by atoms with Crippen LogP contribution in [0.4, 0.5) is 5.82 Å². The summed E-state index contributed by atoms with van der Waals surface area (Å²) in [5.74, 6) is 1.84. The van der Waals surface area contributed by atoms with Crippen LogP contribution < -0.4 is 4.90 Å². The summed E-state index contributed by atoms with van der Waals surface area (Å²) in [6.45, 7) is 2.60. The van der Waals surface area contributed by atoms with Crippen LogP contribution in [0.15, 0.2) is 48.0 Å². The third-order valence-corrected chi connectivity index (χ3v) is 6.33. The molecule has 1 aromatic carbocycles. The first kappa shape index (κ1) is 20.1. The van der Waals surface area contributed by atoms with E-state index in [1.54, 1.807) is 23.1 Å². The van der Waals surface area contributed by atoms with E-state index in [-0.39, 0.29) is 6.61 Å². The van der Waals surface area contributed by atoms with Crippen LogP contribution in [-0.4, -0.2) is 64.9 Å². The molecule has 0 spiro atoms. The standard InChI is InChI=1S/C22H23N5O3S/c1-29-18(13-28)22-23-20(26-8-10-30-11-9-26)12-21(24-22)27-7-6-17(25-27)16-14-31-19-5-3-2-4-15(16)19/h2-7,12,14,18,28H,8-11,13H2,1H3. The van der Waals surface area contributed by atoms with E-state index < -0.39 is 6.10 Å². The molecular weight excluding hydrogens is 414 g/mol. The number of nitrogens with zero attached hydrogens (tertiary/aromatic N) is 5. The Morgan fingerprint density at radius 3 is 2.77 bits per heavy atom. The quantitative estimate of drug-likeness (QED) is 0.496. The molecule has 1 unspecified atom stereocenters. The van der Waals surface area contributed by atoms with Crippen LogP contribution in [0.1, 0.15) is 11.9 Å². The topological polar surface area (TPSA) is 85.5 Å². The van der Waals surface area contributed by atoms with E-state index >= 15 is 0 Å². The maximum absolute atomic E-state index is 9.71. The highest BCUT2D eigenvalue weighted by molar-refractivity contribution is 7.17. The van der Waals surface area contributed by atoms with Gasteiger partial charge in [-0.05, 0) is 12.1 Å². The molecule has 9 heteroatoms. The average Bonchev–Trinajstić information content (AvgIpc) is 3.48. The highest BCUT2D eigenvalue weighted by Crippen LogP contribution is 2.33. The molecule has 4 aromatic rings. The van der Waals surface area contributed by atoms with Gasteiger partial charge in [-0.3, -0.25) is 0 Å². The molecule has 0 bridgehead atoms. The van der Waals surface area contributed by atoms with Gasteiger partial charge in [0.15, 0.2) is 11.6 Å². The molecule has 3 aromatic heterocycles. The number of morpholine rings is 1. The SMILES string of the molecule is COC(CO)c1nc(N2CCOCC2)cc(-n2ccc(-c3csc4ccccc34)n2)n1. The smallest absolute Gasteiger partial charge is 0.164 e. The Hall–Kier alpha value is -2.85. The molecule has 0 amide bonds. The van der Waals surface area contributed by atoms with E-state index in [9.17, 15) is 5.11 Å². The molecule has 1 atom stereocenters. The zero-order valence-electron chi connectivity index (χ0n) is 17.1. The molecule has 160 valence electrons. The van der Waals surface area contributed by atoms with Gasteiger partial charge in [-0.15, -0.1) is 11.3 Å². The van der Waals surface area contributed by atoms with Gasteiger partial charge in [0.2, 0.25) is 0 Å². The van der Waals surface area contributed by atoms with E-state index in [0.717, 1.165) is 30.2 Å². The van der Waals surface area contributed by atoms with Gasteiger partial charge in [0.1, 0.15) is 11.9 Å². The van der Waals surface area contributed by atoms with Gasteiger partial charge in [0, 0.05) is 53.5 Å². The molecule has 1 aliphatic heterocycles. The van der Waals surface area contributed by atoms with Crippen molar-refractivity contribution >= 4 is 27.2 Å². The molecule has 1 fully saturated rings. The van der Waals surface area contributed by atoms with Crippen molar-refractivity contribution in [1.82, 2.24) is 19.7 Å². The second-order valence-corrected chi connectivity index (χ2v) is 8.15. The number of hydrogen-bond acceptors (Lipinski definition) is 8. The summed E-state index contributed by atoms with van der Waals surface area (Å²) in [4.78, 5) is 11.5.